The van der Waals surface area contributed by atoms with E-state index < -0.39 is 18.4 Å². The molecule has 3 atom stereocenters. The van der Waals surface area contributed by atoms with Gasteiger partial charge in [0.25, 0.3) is 0 Å². The van der Waals surface area contributed by atoms with Crippen LogP contribution in [0.3, 0.4) is 0 Å². The van der Waals surface area contributed by atoms with Crippen molar-refractivity contribution in [3.8, 4) is 11.8 Å². The highest BCUT2D eigenvalue weighted by atomic mass is 16.5. The van der Waals surface area contributed by atoms with Crippen LogP contribution in [0.15, 0.2) is 12.5 Å². The standard InChI is InChI=1S/C16H21N5O3/c17-5-3-1-2-4-10-7-21(13-6-11(23)12(8-22)24-13)16-14(10)15(18)19-9-20-16/h7,9,11-13,22-23H,1,3,5-6,8,17H2,(H2,18,19,20)/t11-,12+,13+/m0/s1. The number of hydrogen-bond donors (Lipinski definition) is 4. The summed E-state index contributed by atoms with van der Waals surface area (Å²) < 4.78 is 7.50. The summed E-state index contributed by atoms with van der Waals surface area (Å²) in [5.41, 5.74) is 12.8. The van der Waals surface area contributed by atoms with E-state index in [1.807, 2.05) is 6.20 Å². The normalized spacial score (nSPS) is 23.4. The number of fused-ring (bicyclic) bond motifs is 1. The number of hydrogen-bond acceptors (Lipinski definition) is 7. The number of ether oxygens (including phenoxy) is 1. The van der Waals surface area contributed by atoms with Crippen LogP contribution in [0.2, 0.25) is 0 Å². The van der Waals surface area contributed by atoms with E-state index in [0.717, 1.165) is 6.42 Å². The SMILES string of the molecule is NCCCC#Cc1cn([C@H]2C[C@H](O)[C@@H](CO)O2)c2ncnc(N)c12. The van der Waals surface area contributed by atoms with Gasteiger partial charge in [0.2, 0.25) is 0 Å². The lowest BCUT2D eigenvalue weighted by Crippen LogP contribution is -2.24. The minimum Gasteiger partial charge on any atom is -0.394 e. The maximum Gasteiger partial charge on any atom is 0.148 e. The first-order valence-corrected chi connectivity index (χ1v) is 7.90. The first kappa shape index (κ1) is 16.7. The molecule has 0 aromatic carbocycles. The van der Waals surface area contributed by atoms with Crippen molar-refractivity contribution in [1.29, 1.82) is 0 Å². The predicted octanol–water partition coefficient (Wildman–Crippen LogP) is -0.255. The van der Waals surface area contributed by atoms with Crippen LogP contribution in [0.25, 0.3) is 11.0 Å². The molecule has 0 unspecified atom stereocenters. The zero-order valence-electron chi connectivity index (χ0n) is 13.2. The van der Waals surface area contributed by atoms with Crippen molar-refractivity contribution >= 4 is 16.9 Å². The van der Waals surface area contributed by atoms with Gasteiger partial charge in [-0.3, -0.25) is 0 Å². The zero-order chi connectivity index (χ0) is 17.1. The number of aliphatic hydroxyl groups excluding tert-OH is 2. The van der Waals surface area contributed by atoms with Crippen LogP contribution in [0.5, 0.6) is 0 Å². The van der Waals surface area contributed by atoms with Crippen LogP contribution in [0.4, 0.5) is 5.82 Å². The van der Waals surface area contributed by atoms with Crippen molar-refractivity contribution in [1.82, 2.24) is 14.5 Å². The van der Waals surface area contributed by atoms with Gasteiger partial charge in [0.1, 0.15) is 30.1 Å². The van der Waals surface area contributed by atoms with Gasteiger partial charge in [-0.05, 0) is 13.0 Å². The van der Waals surface area contributed by atoms with Gasteiger partial charge in [-0.15, -0.1) is 0 Å². The van der Waals surface area contributed by atoms with Gasteiger partial charge in [0, 0.05) is 19.0 Å². The fourth-order valence-electron chi connectivity index (χ4n) is 2.82. The summed E-state index contributed by atoms with van der Waals surface area (Å²) in [5.74, 6) is 6.51. The van der Waals surface area contributed by atoms with E-state index in [2.05, 4.69) is 21.8 Å². The summed E-state index contributed by atoms with van der Waals surface area (Å²) in [4.78, 5) is 8.32. The molecule has 6 N–H and O–H groups in total. The van der Waals surface area contributed by atoms with E-state index in [9.17, 15) is 10.2 Å². The summed E-state index contributed by atoms with van der Waals surface area (Å²) >= 11 is 0. The second-order valence-corrected chi connectivity index (χ2v) is 5.72. The van der Waals surface area contributed by atoms with E-state index in [1.54, 1.807) is 4.57 Å². The number of nitrogen functional groups attached to an aromatic ring is 1. The molecular formula is C16H21N5O3. The molecule has 8 nitrogen and oxygen atoms in total. The van der Waals surface area contributed by atoms with Crippen molar-refractivity contribution in [3.63, 3.8) is 0 Å². The van der Waals surface area contributed by atoms with E-state index in [4.69, 9.17) is 16.2 Å². The molecular weight excluding hydrogens is 310 g/mol. The molecule has 0 radical (unpaired) electrons. The van der Waals surface area contributed by atoms with Crippen LogP contribution >= 0.6 is 0 Å². The molecule has 2 aromatic heterocycles. The van der Waals surface area contributed by atoms with Crippen molar-refractivity contribution in [2.45, 2.75) is 37.7 Å². The molecule has 3 heterocycles. The largest absolute Gasteiger partial charge is 0.394 e. The molecule has 24 heavy (non-hydrogen) atoms. The summed E-state index contributed by atoms with van der Waals surface area (Å²) in [6.07, 6.45) is 3.31. The highest BCUT2D eigenvalue weighted by Gasteiger charge is 2.35. The summed E-state index contributed by atoms with van der Waals surface area (Å²) in [7, 11) is 0. The van der Waals surface area contributed by atoms with E-state index in [-0.39, 0.29) is 6.61 Å². The van der Waals surface area contributed by atoms with Gasteiger partial charge >= 0.3 is 0 Å². The third-order valence-electron chi connectivity index (χ3n) is 4.06. The molecule has 8 heteroatoms. The molecule has 0 saturated carbocycles. The summed E-state index contributed by atoms with van der Waals surface area (Å²) in [6.45, 7) is 0.359. The van der Waals surface area contributed by atoms with Crippen LogP contribution < -0.4 is 11.5 Å². The van der Waals surface area contributed by atoms with Gasteiger partial charge in [-0.25, -0.2) is 9.97 Å². The van der Waals surface area contributed by atoms with Gasteiger partial charge in [0.15, 0.2) is 0 Å². The maximum absolute atomic E-state index is 9.96. The Hall–Kier alpha value is -2.18. The number of aliphatic hydroxyl groups is 2. The molecule has 1 saturated heterocycles. The van der Waals surface area contributed by atoms with Crippen molar-refractivity contribution in [2.24, 2.45) is 5.73 Å². The molecule has 0 spiro atoms. The molecule has 1 aliphatic heterocycles. The molecule has 1 fully saturated rings. The number of nitrogens with two attached hydrogens (primary N) is 2. The number of rotatable bonds is 4. The van der Waals surface area contributed by atoms with Gasteiger partial charge in [0.05, 0.1) is 23.7 Å². The Morgan fingerprint density at radius 3 is 2.96 bits per heavy atom. The average Bonchev–Trinajstić information content (AvgIpc) is 3.13. The smallest absolute Gasteiger partial charge is 0.148 e. The Kier molecular flexibility index (Phi) is 4.97. The number of nitrogens with zero attached hydrogens (tertiary/aromatic N) is 3. The number of unbranched alkanes of at least 4 members (excludes halogenated alkanes) is 1. The molecule has 0 aliphatic carbocycles. The second-order valence-electron chi connectivity index (χ2n) is 5.72. The third kappa shape index (κ3) is 3.07. The number of anilines is 1. The maximum atomic E-state index is 9.96. The van der Waals surface area contributed by atoms with Crippen LogP contribution in [0.1, 0.15) is 31.1 Å². The highest BCUT2D eigenvalue weighted by molar-refractivity contribution is 5.92. The van der Waals surface area contributed by atoms with Crippen molar-refractivity contribution < 1.29 is 14.9 Å². The minimum atomic E-state index is -0.726. The first-order chi connectivity index (χ1) is 11.7. The first-order valence-electron chi connectivity index (χ1n) is 7.90. The Labute approximate surface area is 139 Å². The summed E-state index contributed by atoms with van der Waals surface area (Å²) in [6, 6.07) is 0. The lowest BCUT2D eigenvalue weighted by Gasteiger charge is -2.14. The zero-order valence-corrected chi connectivity index (χ0v) is 13.2. The lowest BCUT2D eigenvalue weighted by atomic mass is 10.2. The Bertz CT molecular complexity index is 779. The second kappa shape index (κ2) is 7.15. The topological polar surface area (TPSA) is 132 Å². The Balaban J connectivity index is 2.00. The van der Waals surface area contributed by atoms with Crippen LogP contribution in [0, 0.1) is 11.8 Å². The summed E-state index contributed by atoms with van der Waals surface area (Å²) in [5, 5.41) is 19.9. The molecule has 0 bridgehead atoms. The quantitative estimate of drug-likeness (QED) is 0.448. The third-order valence-corrected chi connectivity index (χ3v) is 4.06. The minimum absolute atomic E-state index is 0.236. The molecule has 128 valence electrons. The monoisotopic (exact) mass is 331 g/mol. The Morgan fingerprint density at radius 2 is 2.25 bits per heavy atom. The predicted molar refractivity (Wildman–Crippen MR) is 88.7 cm³/mol. The van der Waals surface area contributed by atoms with Gasteiger partial charge in [-0.1, -0.05) is 11.8 Å². The fraction of sp³-hybridized carbons (Fsp3) is 0.500. The molecule has 0 amide bonds. The fourth-order valence-corrected chi connectivity index (χ4v) is 2.82. The average molecular weight is 331 g/mol. The van der Waals surface area contributed by atoms with Gasteiger partial charge < -0.3 is 31.0 Å². The Morgan fingerprint density at radius 1 is 1.42 bits per heavy atom. The highest BCUT2D eigenvalue weighted by Crippen LogP contribution is 2.33. The van der Waals surface area contributed by atoms with Crippen molar-refractivity contribution in [3.05, 3.63) is 18.1 Å². The van der Waals surface area contributed by atoms with E-state index in [1.165, 1.54) is 6.33 Å². The van der Waals surface area contributed by atoms with Crippen LogP contribution in [-0.4, -0.2) is 50.1 Å². The number of aromatic nitrogens is 3. The molecule has 2 aromatic rings. The van der Waals surface area contributed by atoms with Crippen molar-refractivity contribution in [2.75, 3.05) is 18.9 Å². The van der Waals surface area contributed by atoms with Crippen LogP contribution in [-0.2, 0) is 4.74 Å². The molecule has 1 aliphatic rings. The lowest BCUT2D eigenvalue weighted by molar-refractivity contribution is -0.0430. The molecule has 3 rings (SSSR count). The van der Waals surface area contributed by atoms with E-state index >= 15 is 0 Å². The van der Waals surface area contributed by atoms with E-state index in [0.29, 0.717) is 41.8 Å². The van der Waals surface area contributed by atoms with Gasteiger partial charge in [-0.2, -0.15) is 0 Å².